The van der Waals surface area contributed by atoms with Crippen molar-refractivity contribution < 1.29 is 9.72 Å². The van der Waals surface area contributed by atoms with Crippen LogP contribution >= 0.6 is 0 Å². The lowest BCUT2D eigenvalue weighted by atomic mass is 9.97. The Labute approximate surface area is 129 Å². The van der Waals surface area contributed by atoms with E-state index in [9.17, 15) is 14.9 Å². The number of Topliss-reactive ketones (excluding diaryl/α,β-unsaturated/α-hetero) is 1. The maximum absolute atomic E-state index is 12.2. The van der Waals surface area contributed by atoms with E-state index in [4.69, 9.17) is 0 Å². The van der Waals surface area contributed by atoms with Crippen LogP contribution < -0.4 is 0 Å². The lowest BCUT2D eigenvalue weighted by Crippen LogP contribution is -2.16. The molecular weight excluding hydrogens is 278 g/mol. The highest BCUT2D eigenvalue weighted by Gasteiger charge is 2.17. The molecule has 0 fully saturated rings. The first-order chi connectivity index (χ1) is 10.6. The van der Waals surface area contributed by atoms with Crippen molar-refractivity contribution in [1.29, 1.82) is 0 Å². The van der Waals surface area contributed by atoms with Crippen LogP contribution in [-0.4, -0.2) is 17.3 Å². The Morgan fingerprint density at radius 2 is 1.64 bits per heavy atom. The summed E-state index contributed by atoms with van der Waals surface area (Å²) >= 11 is 0. The molecule has 2 aromatic rings. The highest BCUT2D eigenvalue weighted by atomic mass is 16.6. The Bertz CT molecular complexity index is 651. The molecule has 0 saturated heterocycles. The van der Waals surface area contributed by atoms with Gasteiger partial charge < -0.3 is 0 Å². The highest BCUT2D eigenvalue weighted by Crippen LogP contribution is 2.14. The Morgan fingerprint density at radius 3 is 2.23 bits per heavy atom. The maximum Gasteiger partial charge on any atom is 0.210 e. The SMILES string of the molecule is O=C(C[C@H](/C=C/c1ccccc1)C[N+](=O)[O-])c1ccccc1. The Hall–Kier alpha value is -2.75. The molecule has 0 saturated carbocycles. The molecule has 0 spiro atoms. The lowest BCUT2D eigenvalue weighted by molar-refractivity contribution is -0.485. The van der Waals surface area contributed by atoms with E-state index in [1.807, 2.05) is 42.5 Å². The van der Waals surface area contributed by atoms with Gasteiger partial charge in [0.25, 0.3) is 0 Å². The summed E-state index contributed by atoms with van der Waals surface area (Å²) < 4.78 is 0. The number of carbonyl (C=O) groups is 1. The summed E-state index contributed by atoms with van der Waals surface area (Å²) in [6.07, 6.45) is 3.71. The zero-order chi connectivity index (χ0) is 15.8. The van der Waals surface area contributed by atoms with E-state index < -0.39 is 5.92 Å². The van der Waals surface area contributed by atoms with Crippen LogP contribution in [0, 0.1) is 16.0 Å². The fraction of sp³-hybridized carbons (Fsp3) is 0.167. The second-order valence-corrected chi connectivity index (χ2v) is 5.04. The van der Waals surface area contributed by atoms with Crippen LogP contribution in [-0.2, 0) is 0 Å². The van der Waals surface area contributed by atoms with Crippen molar-refractivity contribution in [2.24, 2.45) is 5.92 Å². The molecule has 2 aromatic carbocycles. The van der Waals surface area contributed by atoms with Crippen molar-refractivity contribution in [3.63, 3.8) is 0 Å². The Balaban J connectivity index is 2.08. The Kier molecular flexibility index (Phi) is 5.60. The van der Waals surface area contributed by atoms with E-state index in [0.29, 0.717) is 5.56 Å². The number of rotatable bonds is 7. The van der Waals surface area contributed by atoms with Gasteiger partial charge in [0.15, 0.2) is 5.78 Å². The Morgan fingerprint density at radius 1 is 1.05 bits per heavy atom. The van der Waals surface area contributed by atoms with Gasteiger partial charge in [0.1, 0.15) is 0 Å². The first kappa shape index (κ1) is 15.6. The van der Waals surface area contributed by atoms with Gasteiger partial charge in [-0.05, 0) is 5.56 Å². The average molecular weight is 295 g/mol. The number of hydrogen-bond donors (Lipinski definition) is 0. The lowest BCUT2D eigenvalue weighted by Gasteiger charge is -2.07. The zero-order valence-corrected chi connectivity index (χ0v) is 12.1. The summed E-state index contributed by atoms with van der Waals surface area (Å²) in [6.45, 7) is -0.248. The zero-order valence-electron chi connectivity index (χ0n) is 12.1. The summed E-state index contributed by atoms with van der Waals surface area (Å²) in [6, 6.07) is 18.4. The molecule has 0 aliphatic heterocycles. The summed E-state index contributed by atoms with van der Waals surface area (Å²) in [5.41, 5.74) is 1.55. The summed E-state index contributed by atoms with van der Waals surface area (Å²) in [4.78, 5) is 22.6. The molecule has 112 valence electrons. The van der Waals surface area contributed by atoms with Gasteiger partial charge in [-0.15, -0.1) is 0 Å². The van der Waals surface area contributed by atoms with Gasteiger partial charge in [-0.2, -0.15) is 0 Å². The van der Waals surface area contributed by atoms with Crippen LogP contribution in [0.4, 0.5) is 0 Å². The third kappa shape index (κ3) is 4.98. The average Bonchev–Trinajstić information content (AvgIpc) is 2.54. The molecule has 0 unspecified atom stereocenters. The number of ketones is 1. The third-order valence-corrected chi connectivity index (χ3v) is 3.29. The minimum Gasteiger partial charge on any atom is -0.294 e. The van der Waals surface area contributed by atoms with E-state index in [1.165, 1.54) is 0 Å². The van der Waals surface area contributed by atoms with E-state index >= 15 is 0 Å². The van der Waals surface area contributed by atoms with Crippen molar-refractivity contribution in [3.05, 3.63) is 88.0 Å². The van der Waals surface area contributed by atoms with Crippen LogP contribution in [0.1, 0.15) is 22.3 Å². The van der Waals surface area contributed by atoms with Crippen LogP contribution in [0.5, 0.6) is 0 Å². The summed E-state index contributed by atoms with van der Waals surface area (Å²) in [5, 5.41) is 10.8. The van der Waals surface area contributed by atoms with Crippen molar-refractivity contribution in [2.45, 2.75) is 6.42 Å². The molecule has 0 aromatic heterocycles. The normalized spacial score (nSPS) is 12.2. The number of nitrogens with zero attached hydrogens (tertiary/aromatic N) is 1. The minimum atomic E-state index is -0.414. The number of hydrogen-bond acceptors (Lipinski definition) is 3. The van der Waals surface area contributed by atoms with Gasteiger partial charge in [-0.3, -0.25) is 14.9 Å². The third-order valence-electron chi connectivity index (χ3n) is 3.29. The molecule has 0 aliphatic rings. The molecule has 4 heteroatoms. The summed E-state index contributed by atoms with van der Waals surface area (Å²) in [7, 11) is 0. The van der Waals surface area contributed by atoms with Gasteiger partial charge in [0, 0.05) is 22.8 Å². The molecule has 0 radical (unpaired) electrons. The minimum absolute atomic E-state index is 0.0786. The van der Waals surface area contributed by atoms with Crippen molar-refractivity contribution >= 4 is 11.9 Å². The largest absolute Gasteiger partial charge is 0.294 e. The maximum atomic E-state index is 12.2. The molecule has 0 N–H and O–H groups in total. The van der Waals surface area contributed by atoms with Gasteiger partial charge >= 0.3 is 0 Å². The van der Waals surface area contributed by atoms with Crippen molar-refractivity contribution in [1.82, 2.24) is 0 Å². The van der Waals surface area contributed by atoms with E-state index in [-0.39, 0.29) is 23.7 Å². The predicted octanol–water partition coefficient (Wildman–Crippen LogP) is 3.87. The first-order valence-electron chi connectivity index (χ1n) is 7.08. The molecule has 0 heterocycles. The topological polar surface area (TPSA) is 60.2 Å². The molecule has 0 bridgehead atoms. The first-order valence-corrected chi connectivity index (χ1v) is 7.08. The number of benzene rings is 2. The monoisotopic (exact) mass is 295 g/mol. The summed E-state index contributed by atoms with van der Waals surface area (Å²) in [5.74, 6) is -0.493. The standard InChI is InChI=1S/C18H17NO3/c20-18(17-9-5-2-6-10-17)13-16(14-19(21)22)12-11-15-7-3-1-4-8-15/h1-12,16H,13-14H2/b12-11+/t16-/m0/s1. The molecule has 22 heavy (non-hydrogen) atoms. The fourth-order valence-electron chi connectivity index (χ4n) is 2.18. The second kappa shape index (κ2) is 7.88. The molecule has 0 aliphatic carbocycles. The molecule has 4 nitrogen and oxygen atoms in total. The molecule has 1 atom stereocenters. The van der Waals surface area contributed by atoms with Gasteiger partial charge in [0.05, 0.1) is 0 Å². The van der Waals surface area contributed by atoms with E-state index in [1.54, 1.807) is 30.3 Å². The van der Waals surface area contributed by atoms with Crippen LogP contribution in [0.25, 0.3) is 6.08 Å². The van der Waals surface area contributed by atoms with E-state index in [0.717, 1.165) is 5.56 Å². The van der Waals surface area contributed by atoms with Gasteiger partial charge in [0.2, 0.25) is 6.54 Å². The second-order valence-electron chi connectivity index (χ2n) is 5.04. The van der Waals surface area contributed by atoms with E-state index in [2.05, 4.69) is 0 Å². The number of nitro groups is 1. The van der Waals surface area contributed by atoms with Crippen LogP contribution in [0.15, 0.2) is 66.7 Å². The fourth-order valence-corrected chi connectivity index (χ4v) is 2.18. The van der Waals surface area contributed by atoms with Crippen molar-refractivity contribution in [3.8, 4) is 0 Å². The quantitative estimate of drug-likeness (QED) is 0.442. The smallest absolute Gasteiger partial charge is 0.210 e. The molecule has 2 rings (SSSR count). The van der Waals surface area contributed by atoms with Gasteiger partial charge in [-0.25, -0.2) is 0 Å². The van der Waals surface area contributed by atoms with Crippen LogP contribution in [0.2, 0.25) is 0 Å². The van der Waals surface area contributed by atoms with Gasteiger partial charge in [-0.1, -0.05) is 72.8 Å². The van der Waals surface area contributed by atoms with Crippen LogP contribution in [0.3, 0.4) is 0 Å². The molecular formula is C18H17NO3. The highest BCUT2D eigenvalue weighted by molar-refractivity contribution is 5.96. The molecule has 0 amide bonds. The predicted molar refractivity (Wildman–Crippen MR) is 86.2 cm³/mol. The number of carbonyl (C=O) groups excluding carboxylic acids is 1. The van der Waals surface area contributed by atoms with Crippen molar-refractivity contribution in [2.75, 3.05) is 6.54 Å².